The summed E-state index contributed by atoms with van der Waals surface area (Å²) in [5.41, 5.74) is 7.93. The molecule has 0 unspecified atom stereocenters. The van der Waals surface area contributed by atoms with Crippen molar-refractivity contribution in [1.29, 1.82) is 0 Å². The van der Waals surface area contributed by atoms with Gasteiger partial charge in [-0.05, 0) is 30.5 Å². The normalized spacial score (nSPS) is 11.1. The van der Waals surface area contributed by atoms with Crippen molar-refractivity contribution in [1.82, 2.24) is 9.55 Å². The standard InChI is InChI=1S/C15H21N3/c1-12(2)15-17-8-10-18(15)9-4-6-13-5-3-7-14(16)11-13/h3,5,7-8,10-12H,4,6,9,16H2,1-2H3. The average molecular weight is 243 g/mol. The fraction of sp³-hybridized carbons (Fsp3) is 0.400. The maximum absolute atomic E-state index is 5.77. The van der Waals surface area contributed by atoms with Crippen LogP contribution in [0.5, 0.6) is 0 Å². The van der Waals surface area contributed by atoms with Gasteiger partial charge in [0.1, 0.15) is 5.82 Å². The molecule has 18 heavy (non-hydrogen) atoms. The largest absolute Gasteiger partial charge is 0.399 e. The van der Waals surface area contributed by atoms with E-state index in [2.05, 4.69) is 41.7 Å². The molecule has 0 aliphatic heterocycles. The van der Waals surface area contributed by atoms with Crippen LogP contribution in [0.3, 0.4) is 0 Å². The van der Waals surface area contributed by atoms with E-state index in [1.165, 1.54) is 11.4 Å². The number of aromatic nitrogens is 2. The van der Waals surface area contributed by atoms with Crippen LogP contribution in [0.1, 0.15) is 37.6 Å². The summed E-state index contributed by atoms with van der Waals surface area (Å²) in [6.45, 7) is 5.37. The van der Waals surface area contributed by atoms with Gasteiger partial charge in [-0.25, -0.2) is 4.98 Å². The number of nitrogens with zero attached hydrogens (tertiary/aromatic N) is 2. The van der Waals surface area contributed by atoms with Crippen molar-refractivity contribution in [3.05, 3.63) is 48.0 Å². The number of imidazole rings is 1. The number of nitrogens with two attached hydrogens (primary N) is 1. The Kier molecular flexibility index (Phi) is 4.03. The van der Waals surface area contributed by atoms with Gasteiger partial charge in [-0.2, -0.15) is 0 Å². The summed E-state index contributed by atoms with van der Waals surface area (Å²) in [6.07, 6.45) is 6.12. The highest BCUT2D eigenvalue weighted by molar-refractivity contribution is 5.40. The highest BCUT2D eigenvalue weighted by atomic mass is 15.1. The van der Waals surface area contributed by atoms with E-state index in [-0.39, 0.29) is 0 Å². The predicted octanol–water partition coefficient (Wildman–Crippen LogP) is 3.22. The van der Waals surface area contributed by atoms with Crippen molar-refractivity contribution < 1.29 is 0 Å². The van der Waals surface area contributed by atoms with Gasteiger partial charge in [0.2, 0.25) is 0 Å². The Morgan fingerprint density at radius 2 is 2.17 bits per heavy atom. The van der Waals surface area contributed by atoms with Crippen LogP contribution >= 0.6 is 0 Å². The Morgan fingerprint density at radius 1 is 1.33 bits per heavy atom. The molecule has 0 atom stereocenters. The first-order valence-corrected chi connectivity index (χ1v) is 6.52. The quantitative estimate of drug-likeness (QED) is 0.819. The minimum absolute atomic E-state index is 0.479. The number of anilines is 1. The first-order valence-electron chi connectivity index (χ1n) is 6.52. The van der Waals surface area contributed by atoms with E-state index >= 15 is 0 Å². The molecule has 0 saturated heterocycles. The van der Waals surface area contributed by atoms with Gasteiger partial charge < -0.3 is 10.3 Å². The number of benzene rings is 1. The van der Waals surface area contributed by atoms with E-state index in [4.69, 9.17) is 5.73 Å². The van der Waals surface area contributed by atoms with Crippen molar-refractivity contribution in [2.24, 2.45) is 0 Å². The Morgan fingerprint density at radius 3 is 2.89 bits per heavy atom. The molecule has 96 valence electrons. The van der Waals surface area contributed by atoms with Gasteiger partial charge in [0, 0.05) is 30.5 Å². The fourth-order valence-electron chi connectivity index (χ4n) is 2.21. The third-order valence-corrected chi connectivity index (χ3v) is 3.08. The van der Waals surface area contributed by atoms with Crippen LogP contribution in [0.25, 0.3) is 0 Å². The van der Waals surface area contributed by atoms with E-state index < -0.39 is 0 Å². The maximum Gasteiger partial charge on any atom is 0.111 e. The van der Waals surface area contributed by atoms with Crippen molar-refractivity contribution in [3.8, 4) is 0 Å². The van der Waals surface area contributed by atoms with Gasteiger partial charge in [0.15, 0.2) is 0 Å². The van der Waals surface area contributed by atoms with Gasteiger partial charge in [-0.15, -0.1) is 0 Å². The summed E-state index contributed by atoms with van der Waals surface area (Å²) >= 11 is 0. The SMILES string of the molecule is CC(C)c1nccn1CCCc1cccc(N)c1. The van der Waals surface area contributed by atoms with E-state index in [0.29, 0.717) is 5.92 Å². The minimum atomic E-state index is 0.479. The van der Waals surface area contributed by atoms with Crippen LogP contribution in [0.2, 0.25) is 0 Å². The fourth-order valence-corrected chi connectivity index (χ4v) is 2.21. The molecule has 1 aromatic heterocycles. The highest BCUT2D eigenvalue weighted by Crippen LogP contribution is 2.14. The molecule has 2 aromatic rings. The lowest BCUT2D eigenvalue weighted by atomic mass is 10.1. The van der Waals surface area contributed by atoms with Crippen LogP contribution < -0.4 is 5.73 Å². The topological polar surface area (TPSA) is 43.8 Å². The third-order valence-electron chi connectivity index (χ3n) is 3.08. The van der Waals surface area contributed by atoms with Crippen LogP contribution in [0.4, 0.5) is 5.69 Å². The number of aryl methyl sites for hydroxylation is 2. The number of nitrogen functional groups attached to an aromatic ring is 1. The zero-order chi connectivity index (χ0) is 13.0. The molecule has 0 radical (unpaired) electrons. The van der Waals surface area contributed by atoms with Crippen molar-refractivity contribution in [2.45, 2.75) is 39.2 Å². The first kappa shape index (κ1) is 12.7. The molecule has 1 aromatic carbocycles. The second-order valence-electron chi connectivity index (χ2n) is 4.98. The van der Waals surface area contributed by atoms with Gasteiger partial charge in [-0.1, -0.05) is 26.0 Å². The van der Waals surface area contributed by atoms with E-state index in [1.54, 1.807) is 0 Å². The lowest BCUT2D eigenvalue weighted by Gasteiger charge is -2.10. The molecule has 0 fully saturated rings. The predicted molar refractivity (Wildman–Crippen MR) is 75.5 cm³/mol. The maximum atomic E-state index is 5.77. The number of hydrogen-bond acceptors (Lipinski definition) is 2. The molecule has 2 rings (SSSR count). The third kappa shape index (κ3) is 3.13. The molecule has 3 nitrogen and oxygen atoms in total. The highest BCUT2D eigenvalue weighted by Gasteiger charge is 2.06. The monoisotopic (exact) mass is 243 g/mol. The average Bonchev–Trinajstić information content (AvgIpc) is 2.77. The van der Waals surface area contributed by atoms with E-state index in [0.717, 1.165) is 25.1 Å². The molecular formula is C15H21N3. The summed E-state index contributed by atoms with van der Waals surface area (Å²) in [6, 6.07) is 8.13. The summed E-state index contributed by atoms with van der Waals surface area (Å²) in [5, 5.41) is 0. The molecular weight excluding hydrogens is 222 g/mol. The van der Waals surface area contributed by atoms with Crippen LogP contribution in [0, 0.1) is 0 Å². The molecule has 0 aliphatic rings. The first-order chi connectivity index (χ1) is 8.66. The zero-order valence-electron chi connectivity index (χ0n) is 11.1. The van der Waals surface area contributed by atoms with E-state index in [9.17, 15) is 0 Å². The van der Waals surface area contributed by atoms with Crippen LogP contribution in [-0.4, -0.2) is 9.55 Å². The molecule has 2 N–H and O–H groups in total. The molecule has 0 amide bonds. The zero-order valence-corrected chi connectivity index (χ0v) is 11.1. The molecule has 1 heterocycles. The molecule has 0 spiro atoms. The van der Waals surface area contributed by atoms with E-state index in [1.807, 2.05) is 18.3 Å². The van der Waals surface area contributed by atoms with Gasteiger partial charge >= 0.3 is 0 Å². The van der Waals surface area contributed by atoms with Gasteiger partial charge in [0.25, 0.3) is 0 Å². The van der Waals surface area contributed by atoms with Gasteiger partial charge in [0.05, 0.1) is 0 Å². The summed E-state index contributed by atoms with van der Waals surface area (Å²) in [5.74, 6) is 1.65. The minimum Gasteiger partial charge on any atom is -0.399 e. The van der Waals surface area contributed by atoms with Crippen LogP contribution in [0.15, 0.2) is 36.7 Å². The van der Waals surface area contributed by atoms with Crippen molar-refractivity contribution in [2.75, 3.05) is 5.73 Å². The van der Waals surface area contributed by atoms with Crippen molar-refractivity contribution in [3.63, 3.8) is 0 Å². The summed E-state index contributed by atoms with van der Waals surface area (Å²) in [7, 11) is 0. The second-order valence-corrected chi connectivity index (χ2v) is 4.98. The number of hydrogen-bond donors (Lipinski definition) is 1. The number of rotatable bonds is 5. The van der Waals surface area contributed by atoms with Gasteiger partial charge in [-0.3, -0.25) is 0 Å². The molecule has 3 heteroatoms. The Labute approximate surface area is 109 Å². The second kappa shape index (κ2) is 5.71. The Bertz CT molecular complexity index is 500. The molecule has 0 aliphatic carbocycles. The Hall–Kier alpha value is -1.77. The smallest absolute Gasteiger partial charge is 0.111 e. The Balaban J connectivity index is 1.90. The lowest BCUT2D eigenvalue weighted by Crippen LogP contribution is -2.05. The van der Waals surface area contributed by atoms with Crippen molar-refractivity contribution >= 4 is 5.69 Å². The van der Waals surface area contributed by atoms with Crippen LogP contribution in [-0.2, 0) is 13.0 Å². The summed E-state index contributed by atoms with van der Waals surface area (Å²) in [4.78, 5) is 4.40. The molecule has 0 bridgehead atoms. The lowest BCUT2D eigenvalue weighted by molar-refractivity contribution is 0.589. The summed E-state index contributed by atoms with van der Waals surface area (Å²) < 4.78 is 2.25. The molecule has 0 saturated carbocycles.